The minimum Gasteiger partial charge on any atom is -0.478 e. The molecule has 3 nitrogen and oxygen atoms in total. The third-order valence-corrected chi connectivity index (χ3v) is 1.40. The molecule has 1 N–H and O–H groups in total. The second kappa shape index (κ2) is 3.67. The van der Waals surface area contributed by atoms with E-state index in [9.17, 15) is 4.79 Å². The lowest BCUT2D eigenvalue weighted by atomic mass is 10.2. The van der Waals surface area contributed by atoms with Gasteiger partial charge < -0.3 is 5.11 Å². The van der Waals surface area contributed by atoms with Gasteiger partial charge >= 0.3 is 5.97 Å². The first kappa shape index (κ1) is 8.46. The van der Waals surface area contributed by atoms with Gasteiger partial charge in [-0.25, -0.2) is 4.79 Å². The summed E-state index contributed by atoms with van der Waals surface area (Å²) in [7, 11) is 0. The lowest BCUT2D eigenvalue weighted by molar-refractivity contribution is -0.132. The van der Waals surface area contributed by atoms with Crippen LogP contribution in [0.2, 0.25) is 0 Å². The molecule has 0 saturated heterocycles. The maximum Gasteiger partial charge on any atom is 0.331 e. The molecule has 0 saturated carbocycles. The number of nitrogens with zero attached hydrogens (tertiary/aromatic N) is 1. The zero-order valence-corrected chi connectivity index (χ0v) is 6.69. The summed E-state index contributed by atoms with van der Waals surface area (Å²) in [5, 5.41) is 8.55. The Kier molecular flexibility index (Phi) is 2.58. The van der Waals surface area contributed by atoms with Crippen LogP contribution in [-0.2, 0) is 4.79 Å². The van der Waals surface area contributed by atoms with Crippen molar-refractivity contribution in [1.29, 1.82) is 0 Å². The smallest absolute Gasteiger partial charge is 0.331 e. The van der Waals surface area contributed by atoms with Crippen LogP contribution in [0.1, 0.15) is 12.5 Å². The molecule has 12 heavy (non-hydrogen) atoms. The molecule has 1 rings (SSSR count). The largest absolute Gasteiger partial charge is 0.478 e. The first-order valence-corrected chi connectivity index (χ1v) is 3.52. The molecule has 62 valence electrons. The fourth-order valence-electron chi connectivity index (χ4n) is 0.773. The Morgan fingerprint density at radius 3 is 2.92 bits per heavy atom. The number of carbonyl (C=O) groups is 1. The Morgan fingerprint density at radius 2 is 2.42 bits per heavy atom. The zero-order chi connectivity index (χ0) is 8.97. The van der Waals surface area contributed by atoms with Crippen molar-refractivity contribution in [3.63, 3.8) is 0 Å². The van der Waals surface area contributed by atoms with Gasteiger partial charge in [0, 0.05) is 18.0 Å². The number of carboxylic acids is 1. The summed E-state index contributed by atoms with van der Waals surface area (Å²) in [5.41, 5.74) is 1.11. The van der Waals surface area contributed by atoms with E-state index in [1.54, 1.807) is 37.5 Å². The minimum absolute atomic E-state index is 0.308. The van der Waals surface area contributed by atoms with Crippen molar-refractivity contribution >= 4 is 12.0 Å². The molecule has 0 aliphatic heterocycles. The lowest BCUT2D eigenvalue weighted by Gasteiger charge is -1.93. The number of hydrogen-bond donors (Lipinski definition) is 1. The van der Waals surface area contributed by atoms with E-state index in [4.69, 9.17) is 5.11 Å². The van der Waals surface area contributed by atoms with E-state index in [-0.39, 0.29) is 0 Å². The highest BCUT2D eigenvalue weighted by Gasteiger charge is 1.98. The van der Waals surface area contributed by atoms with Crippen molar-refractivity contribution in [3.05, 3.63) is 35.7 Å². The maximum atomic E-state index is 10.4. The van der Waals surface area contributed by atoms with Crippen LogP contribution >= 0.6 is 0 Å². The van der Waals surface area contributed by atoms with Gasteiger partial charge in [-0.2, -0.15) is 0 Å². The number of hydrogen-bond acceptors (Lipinski definition) is 2. The molecule has 0 atom stereocenters. The fraction of sp³-hybridized carbons (Fsp3) is 0.111. The highest BCUT2D eigenvalue weighted by Crippen LogP contribution is 2.03. The van der Waals surface area contributed by atoms with Gasteiger partial charge in [0.2, 0.25) is 0 Å². The highest BCUT2D eigenvalue weighted by molar-refractivity contribution is 5.91. The van der Waals surface area contributed by atoms with Crippen LogP contribution in [0.5, 0.6) is 0 Å². The third-order valence-electron chi connectivity index (χ3n) is 1.40. The second-order valence-electron chi connectivity index (χ2n) is 2.42. The molecular formula is C9H9NO2. The topological polar surface area (TPSA) is 50.2 Å². The van der Waals surface area contributed by atoms with Crippen molar-refractivity contribution in [2.75, 3.05) is 0 Å². The highest BCUT2D eigenvalue weighted by atomic mass is 16.4. The van der Waals surface area contributed by atoms with Gasteiger partial charge in [0.25, 0.3) is 0 Å². The van der Waals surface area contributed by atoms with Crippen molar-refractivity contribution in [2.45, 2.75) is 6.92 Å². The Hall–Kier alpha value is -1.64. The molecule has 0 bridgehead atoms. The van der Waals surface area contributed by atoms with E-state index in [1.807, 2.05) is 0 Å². The van der Waals surface area contributed by atoms with Crippen LogP contribution in [0, 0.1) is 0 Å². The van der Waals surface area contributed by atoms with E-state index in [0.29, 0.717) is 5.57 Å². The van der Waals surface area contributed by atoms with Crippen molar-refractivity contribution < 1.29 is 9.90 Å². The Balaban J connectivity index is 2.89. The summed E-state index contributed by atoms with van der Waals surface area (Å²) >= 11 is 0. The van der Waals surface area contributed by atoms with Gasteiger partial charge in [-0.15, -0.1) is 0 Å². The predicted molar refractivity (Wildman–Crippen MR) is 45.5 cm³/mol. The number of rotatable bonds is 2. The molecule has 1 aromatic heterocycles. The number of aliphatic carboxylic acids is 1. The Morgan fingerprint density at radius 1 is 1.67 bits per heavy atom. The molecule has 1 aromatic rings. The quantitative estimate of drug-likeness (QED) is 0.673. The zero-order valence-electron chi connectivity index (χ0n) is 6.69. The molecule has 0 amide bonds. The molecule has 0 unspecified atom stereocenters. The van der Waals surface area contributed by atoms with Crippen LogP contribution in [-0.4, -0.2) is 16.1 Å². The summed E-state index contributed by atoms with van der Waals surface area (Å²) in [6, 6.07) is 3.57. The molecule has 0 aromatic carbocycles. The predicted octanol–water partition coefficient (Wildman–Crippen LogP) is 1.57. The maximum absolute atomic E-state index is 10.4. The normalized spacial score (nSPS) is 11.2. The van der Waals surface area contributed by atoms with E-state index in [0.717, 1.165) is 5.56 Å². The average Bonchev–Trinajstić information content (AvgIpc) is 2.06. The second-order valence-corrected chi connectivity index (χ2v) is 2.42. The average molecular weight is 163 g/mol. The number of carboxylic acid groups (broad SMARTS) is 1. The monoisotopic (exact) mass is 163 g/mol. The number of aromatic nitrogens is 1. The molecule has 0 aliphatic rings. The van der Waals surface area contributed by atoms with Crippen LogP contribution < -0.4 is 0 Å². The Labute approximate surface area is 70.4 Å². The van der Waals surface area contributed by atoms with Gasteiger partial charge in [0.15, 0.2) is 0 Å². The minimum atomic E-state index is -0.904. The van der Waals surface area contributed by atoms with Crippen molar-refractivity contribution in [2.24, 2.45) is 0 Å². The molecule has 0 aliphatic carbocycles. The summed E-state index contributed by atoms with van der Waals surface area (Å²) in [6.07, 6.45) is 4.84. The summed E-state index contributed by atoms with van der Waals surface area (Å²) < 4.78 is 0. The summed E-state index contributed by atoms with van der Waals surface area (Å²) in [6.45, 7) is 1.55. The molecule has 0 spiro atoms. The van der Waals surface area contributed by atoms with Crippen LogP contribution in [0.15, 0.2) is 30.1 Å². The molecule has 0 fully saturated rings. The van der Waals surface area contributed by atoms with Crippen molar-refractivity contribution in [1.82, 2.24) is 4.98 Å². The van der Waals surface area contributed by atoms with E-state index in [1.165, 1.54) is 0 Å². The van der Waals surface area contributed by atoms with Crippen LogP contribution in [0.3, 0.4) is 0 Å². The number of pyridine rings is 1. The molecular weight excluding hydrogens is 154 g/mol. The van der Waals surface area contributed by atoms with Crippen molar-refractivity contribution in [3.8, 4) is 0 Å². The molecule has 0 radical (unpaired) electrons. The lowest BCUT2D eigenvalue weighted by Crippen LogP contribution is -1.95. The summed E-state index contributed by atoms with van der Waals surface area (Å²) in [5.74, 6) is -0.904. The molecule has 3 heteroatoms. The molecule has 1 heterocycles. The standard InChI is InChI=1S/C9H9NO2/c1-7(9(11)12)5-8-3-2-4-10-6-8/h2-6H,1H3,(H,11,12)/b7-5+. The van der Waals surface area contributed by atoms with Gasteiger partial charge in [0.05, 0.1) is 0 Å². The first-order chi connectivity index (χ1) is 5.70. The SMILES string of the molecule is C/C(=C\c1cccnc1)C(=O)O. The van der Waals surface area contributed by atoms with E-state index in [2.05, 4.69) is 4.98 Å². The van der Waals surface area contributed by atoms with Crippen LogP contribution in [0.4, 0.5) is 0 Å². The summed E-state index contributed by atoms with van der Waals surface area (Å²) in [4.78, 5) is 14.3. The fourth-order valence-corrected chi connectivity index (χ4v) is 0.773. The van der Waals surface area contributed by atoms with Gasteiger partial charge in [-0.05, 0) is 24.6 Å². The van der Waals surface area contributed by atoms with Crippen LogP contribution in [0.25, 0.3) is 6.08 Å². The van der Waals surface area contributed by atoms with Gasteiger partial charge in [-0.3, -0.25) is 4.98 Å². The van der Waals surface area contributed by atoms with Gasteiger partial charge in [0.1, 0.15) is 0 Å². The Bertz CT molecular complexity index is 304. The third kappa shape index (κ3) is 2.20. The van der Waals surface area contributed by atoms with E-state index >= 15 is 0 Å². The van der Waals surface area contributed by atoms with Gasteiger partial charge in [-0.1, -0.05) is 6.07 Å². The van der Waals surface area contributed by atoms with E-state index < -0.39 is 5.97 Å². The first-order valence-electron chi connectivity index (χ1n) is 3.52.